The molecule has 1 fully saturated rings. The molecule has 0 spiro atoms. The van der Waals surface area contributed by atoms with Crippen molar-refractivity contribution in [3.8, 4) is 0 Å². The number of aliphatic hydroxyl groups is 1. The molecule has 1 N–H and O–H groups in total. The van der Waals surface area contributed by atoms with Crippen molar-refractivity contribution >= 4 is 5.97 Å². The molecule has 1 rings (SSSR count). The molecule has 0 radical (unpaired) electrons. The number of hydrogen-bond donors (Lipinski definition) is 1. The number of hydrogen-bond acceptors (Lipinski definition) is 3. The predicted octanol–water partition coefficient (Wildman–Crippen LogP) is 0.878. The largest absolute Gasteiger partial charge is 0.463 e. The fourth-order valence-electron chi connectivity index (χ4n) is 1.28. The Morgan fingerprint density at radius 1 is 1.75 bits per heavy atom. The second kappa shape index (κ2) is 4.26. The van der Waals surface area contributed by atoms with Crippen molar-refractivity contribution in [1.29, 1.82) is 0 Å². The number of allylic oxidation sites excluding steroid dienone is 1. The Hall–Kier alpha value is -0.830. The topological polar surface area (TPSA) is 46.5 Å². The van der Waals surface area contributed by atoms with E-state index in [-0.39, 0.29) is 12.6 Å². The molecule has 12 heavy (non-hydrogen) atoms. The highest BCUT2D eigenvalue weighted by molar-refractivity contribution is 5.83. The van der Waals surface area contributed by atoms with Gasteiger partial charge in [0.1, 0.15) is 0 Å². The molecule has 0 amide bonds. The quantitative estimate of drug-likeness (QED) is 0.505. The highest BCUT2D eigenvalue weighted by Gasteiger charge is 2.22. The molecule has 1 aliphatic rings. The molecule has 0 unspecified atom stereocenters. The van der Waals surface area contributed by atoms with Gasteiger partial charge in [-0.2, -0.15) is 0 Å². The molecule has 3 heteroatoms. The molecule has 0 aliphatic heterocycles. The fourth-order valence-corrected chi connectivity index (χ4v) is 1.28. The van der Waals surface area contributed by atoms with E-state index >= 15 is 0 Å². The molecular formula is C9H14O3. The first-order valence-corrected chi connectivity index (χ1v) is 4.23. The normalized spacial score (nSPS) is 21.5. The molecule has 0 saturated heterocycles. The van der Waals surface area contributed by atoms with Crippen molar-refractivity contribution in [2.45, 2.75) is 19.8 Å². The van der Waals surface area contributed by atoms with E-state index in [1.165, 1.54) is 6.08 Å². The molecule has 0 aromatic carbocycles. The molecule has 0 atom stereocenters. The van der Waals surface area contributed by atoms with E-state index in [9.17, 15) is 4.79 Å². The zero-order valence-corrected chi connectivity index (χ0v) is 7.25. The number of ether oxygens (including phenoxy) is 1. The van der Waals surface area contributed by atoms with Crippen molar-refractivity contribution in [3.05, 3.63) is 11.6 Å². The maximum absolute atomic E-state index is 10.9. The van der Waals surface area contributed by atoms with Crippen LogP contribution in [-0.2, 0) is 9.53 Å². The first-order valence-electron chi connectivity index (χ1n) is 4.23. The third-order valence-electron chi connectivity index (χ3n) is 1.97. The minimum atomic E-state index is -0.260. The van der Waals surface area contributed by atoms with E-state index < -0.39 is 0 Å². The molecule has 3 nitrogen and oxygen atoms in total. The highest BCUT2D eigenvalue weighted by atomic mass is 16.5. The van der Waals surface area contributed by atoms with Crippen LogP contribution in [0.1, 0.15) is 19.8 Å². The van der Waals surface area contributed by atoms with E-state index in [1.54, 1.807) is 6.92 Å². The molecule has 68 valence electrons. The van der Waals surface area contributed by atoms with Crippen LogP contribution in [0.25, 0.3) is 0 Å². The van der Waals surface area contributed by atoms with Gasteiger partial charge in [-0.1, -0.05) is 5.57 Å². The van der Waals surface area contributed by atoms with Crippen LogP contribution in [0, 0.1) is 5.92 Å². The van der Waals surface area contributed by atoms with Crippen LogP contribution in [0.5, 0.6) is 0 Å². The number of carbonyl (C=O) groups excluding carboxylic acids is 1. The van der Waals surface area contributed by atoms with E-state index in [0.717, 1.165) is 18.4 Å². The van der Waals surface area contributed by atoms with Crippen molar-refractivity contribution in [3.63, 3.8) is 0 Å². The summed E-state index contributed by atoms with van der Waals surface area (Å²) in [6.45, 7) is 2.43. The summed E-state index contributed by atoms with van der Waals surface area (Å²) in [6.07, 6.45) is 3.22. The predicted molar refractivity (Wildman–Crippen MR) is 44.5 cm³/mol. The van der Waals surface area contributed by atoms with Crippen LogP contribution in [0.15, 0.2) is 11.6 Å². The van der Waals surface area contributed by atoms with Gasteiger partial charge in [-0.3, -0.25) is 0 Å². The van der Waals surface area contributed by atoms with Gasteiger partial charge in [0.05, 0.1) is 6.61 Å². The van der Waals surface area contributed by atoms with E-state index in [2.05, 4.69) is 0 Å². The molecule has 0 aromatic heterocycles. The van der Waals surface area contributed by atoms with E-state index in [1.807, 2.05) is 0 Å². The van der Waals surface area contributed by atoms with Gasteiger partial charge >= 0.3 is 5.97 Å². The average Bonchev–Trinajstić information content (AvgIpc) is 1.96. The summed E-state index contributed by atoms with van der Waals surface area (Å²) in [5.74, 6) is 0.106. The summed E-state index contributed by atoms with van der Waals surface area (Å²) in [5, 5.41) is 8.70. The molecular weight excluding hydrogens is 156 g/mol. The Morgan fingerprint density at radius 2 is 2.42 bits per heavy atom. The third kappa shape index (κ3) is 2.34. The second-order valence-electron chi connectivity index (χ2n) is 3.01. The van der Waals surface area contributed by atoms with Crippen molar-refractivity contribution in [1.82, 2.24) is 0 Å². The minimum absolute atomic E-state index is 0.222. The summed E-state index contributed by atoms with van der Waals surface area (Å²) >= 11 is 0. The van der Waals surface area contributed by atoms with Crippen molar-refractivity contribution in [2.24, 2.45) is 5.92 Å². The van der Waals surface area contributed by atoms with Crippen LogP contribution in [0.2, 0.25) is 0 Å². The number of carbonyl (C=O) groups is 1. The fraction of sp³-hybridized carbons (Fsp3) is 0.667. The Labute approximate surface area is 72.0 Å². The summed E-state index contributed by atoms with van der Waals surface area (Å²) in [5.41, 5.74) is 1.09. The molecule has 1 aliphatic carbocycles. The van der Waals surface area contributed by atoms with E-state index in [4.69, 9.17) is 9.84 Å². The molecule has 0 bridgehead atoms. The monoisotopic (exact) mass is 170 g/mol. The zero-order valence-electron chi connectivity index (χ0n) is 7.25. The summed E-state index contributed by atoms with van der Waals surface area (Å²) < 4.78 is 4.74. The Balaban J connectivity index is 2.26. The van der Waals surface area contributed by atoms with Crippen molar-refractivity contribution < 1.29 is 14.6 Å². The standard InChI is InChI=1S/C9H14O3/c1-2-12-9(11)5-7-3-8(4-7)6-10/h5,8,10H,2-4,6H2,1H3. The lowest BCUT2D eigenvalue weighted by Gasteiger charge is -2.26. The number of rotatable bonds is 3. The van der Waals surface area contributed by atoms with Gasteiger partial charge in [0, 0.05) is 12.7 Å². The van der Waals surface area contributed by atoms with Crippen molar-refractivity contribution in [2.75, 3.05) is 13.2 Å². The molecule has 0 heterocycles. The van der Waals surface area contributed by atoms with Crippen LogP contribution in [0.3, 0.4) is 0 Å². The van der Waals surface area contributed by atoms with Gasteiger partial charge in [0.15, 0.2) is 0 Å². The first kappa shape index (κ1) is 9.26. The maximum atomic E-state index is 10.9. The summed E-state index contributed by atoms with van der Waals surface area (Å²) in [7, 11) is 0. The highest BCUT2D eigenvalue weighted by Crippen LogP contribution is 2.32. The Morgan fingerprint density at radius 3 is 2.92 bits per heavy atom. The lowest BCUT2D eigenvalue weighted by atomic mass is 9.80. The summed E-state index contributed by atoms with van der Waals surface area (Å²) in [6, 6.07) is 0. The van der Waals surface area contributed by atoms with Gasteiger partial charge in [0.25, 0.3) is 0 Å². The van der Waals surface area contributed by atoms with Gasteiger partial charge in [0.2, 0.25) is 0 Å². The van der Waals surface area contributed by atoms with E-state index in [0.29, 0.717) is 12.5 Å². The zero-order chi connectivity index (χ0) is 8.97. The Bertz CT molecular complexity index is 188. The lowest BCUT2D eigenvalue weighted by Crippen LogP contribution is -2.19. The van der Waals surface area contributed by atoms with Crippen LogP contribution >= 0.6 is 0 Å². The smallest absolute Gasteiger partial charge is 0.330 e. The second-order valence-corrected chi connectivity index (χ2v) is 3.01. The number of aliphatic hydroxyl groups excluding tert-OH is 1. The summed E-state index contributed by atoms with van der Waals surface area (Å²) in [4.78, 5) is 10.9. The van der Waals surface area contributed by atoms with Crippen LogP contribution in [-0.4, -0.2) is 24.3 Å². The number of esters is 1. The maximum Gasteiger partial charge on any atom is 0.330 e. The molecule has 0 aromatic rings. The van der Waals surface area contributed by atoms with Crippen LogP contribution < -0.4 is 0 Å². The Kier molecular flexibility index (Phi) is 3.29. The molecule has 1 saturated carbocycles. The van der Waals surface area contributed by atoms with Gasteiger partial charge in [-0.25, -0.2) is 4.79 Å². The first-order chi connectivity index (χ1) is 5.76. The lowest BCUT2D eigenvalue weighted by molar-refractivity contribution is -0.137. The van der Waals surface area contributed by atoms with Gasteiger partial charge < -0.3 is 9.84 Å². The van der Waals surface area contributed by atoms with Gasteiger partial charge in [-0.15, -0.1) is 0 Å². The minimum Gasteiger partial charge on any atom is -0.463 e. The van der Waals surface area contributed by atoms with Gasteiger partial charge in [-0.05, 0) is 25.7 Å². The van der Waals surface area contributed by atoms with Crippen LogP contribution in [0.4, 0.5) is 0 Å². The average molecular weight is 170 g/mol. The SMILES string of the molecule is CCOC(=O)C=C1CC(CO)C1. The third-order valence-corrected chi connectivity index (χ3v) is 1.97.